The third-order valence-electron chi connectivity index (χ3n) is 4.06. The van der Waals surface area contributed by atoms with E-state index in [1.54, 1.807) is 17.3 Å². The molecular weight excluding hydrogens is 350 g/mol. The highest BCUT2D eigenvalue weighted by molar-refractivity contribution is 7.13. The van der Waals surface area contributed by atoms with Crippen molar-refractivity contribution in [2.45, 2.75) is 27.3 Å². The molecule has 0 saturated carbocycles. The van der Waals surface area contributed by atoms with E-state index in [0.29, 0.717) is 18.8 Å². The van der Waals surface area contributed by atoms with Crippen LogP contribution < -0.4 is 4.74 Å². The Bertz CT molecular complexity index is 880. The number of thiazole rings is 1. The lowest BCUT2D eigenvalue weighted by Gasteiger charge is -2.15. The average Bonchev–Trinajstić information content (AvgIpc) is 3.24. The van der Waals surface area contributed by atoms with Gasteiger partial charge in [-0.2, -0.15) is 0 Å². The van der Waals surface area contributed by atoms with Crippen molar-refractivity contribution in [2.75, 3.05) is 13.7 Å². The highest BCUT2D eigenvalue weighted by Gasteiger charge is 2.19. The van der Waals surface area contributed by atoms with E-state index in [4.69, 9.17) is 9.26 Å². The van der Waals surface area contributed by atoms with Gasteiger partial charge in [0.25, 0.3) is 5.91 Å². The lowest BCUT2D eigenvalue weighted by molar-refractivity contribution is 0.0779. The first-order valence-electron chi connectivity index (χ1n) is 8.35. The van der Waals surface area contributed by atoms with Crippen LogP contribution in [0.5, 0.6) is 5.75 Å². The molecule has 2 heterocycles. The summed E-state index contributed by atoms with van der Waals surface area (Å²) in [6.45, 7) is 6.74. The Morgan fingerprint density at radius 2 is 2.00 bits per heavy atom. The summed E-state index contributed by atoms with van der Waals surface area (Å²) in [6, 6.07) is 7.72. The van der Waals surface area contributed by atoms with E-state index in [0.717, 1.165) is 33.3 Å². The topological polar surface area (TPSA) is 68.5 Å². The summed E-state index contributed by atoms with van der Waals surface area (Å²) < 4.78 is 10.6. The molecule has 1 aromatic carbocycles. The van der Waals surface area contributed by atoms with E-state index >= 15 is 0 Å². The van der Waals surface area contributed by atoms with E-state index in [1.807, 2.05) is 45.0 Å². The molecule has 136 valence electrons. The van der Waals surface area contributed by atoms with E-state index < -0.39 is 0 Å². The van der Waals surface area contributed by atoms with Gasteiger partial charge in [0, 0.05) is 23.6 Å². The molecule has 6 nitrogen and oxygen atoms in total. The number of rotatable bonds is 6. The number of carbonyl (C=O) groups is 1. The lowest BCUT2D eigenvalue weighted by Crippen LogP contribution is -2.26. The minimum Gasteiger partial charge on any atom is -0.494 e. The molecule has 0 aliphatic heterocycles. The zero-order valence-corrected chi connectivity index (χ0v) is 16.1. The van der Waals surface area contributed by atoms with Crippen molar-refractivity contribution in [2.24, 2.45) is 0 Å². The Balaban J connectivity index is 1.73. The number of nitrogens with zero attached hydrogens (tertiary/aromatic N) is 3. The molecule has 0 aliphatic rings. The summed E-state index contributed by atoms with van der Waals surface area (Å²) in [5, 5.41) is 6.53. The molecule has 0 N–H and O–H groups in total. The maximum atomic E-state index is 12.7. The van der Waals surface area contributed by atoms with Gasteiger partial charge in [0.05, 0.1) is 18.8 Å². The molecule has 0 atom stereocenters. The quantitative estimate of drug-likeness (QED) is 0.653. The number of ether oxygens (including phenoxy) is 1. The van der Waals surface area contributed by atoms with Crippen LogP contribution in [0.3, 0.4) is 0 Å². The van der Waals surface area contributed by atoms with Crippen LogP contribution in [0.4, 0.5) is 0 Å². The maximum Gasteiger partial charge on any atom is 0.273 e. The fourth-order valence-electron chi connectivity index (χ4n) is 2.60. The van der Waals surface area contributed by atoms with Crippen molar-refractivity contribution < 1.29 is 14.1 Å². The largest absolute Gasteiger partial charge is 0.494 e. The number of aromatic nitrogens is 2. The smallest absolute Gasteiger partial charge is 0.273 e. The van der Waals surface area contributed by atoms with Gasteiger partial charge in [0.1, 0.15) is 22.2 Å². The van der Waals surface area contributed by atoms with Gasteiger partial charge in [-0.05, 0) is 45.0 Å². The molecule has 2 aromatic heterocycles. The van der Waals surface area contributed by atoms with Gasteiger partial charge in [-0.25, -0.2) is 4.98 Å². The second-order valence-electron chi connectivity index (χ2n) is 5.96. The third-order valence-corrected chi connectivity index (χ3v) is 4.95. The molecular formula is C19H21N3O3S. The van der Waals surface area contributed by atoms with Crippen LogP contribution in [-0.2, 0) is 6.54 Å². The van der Waals surface area contributed by atoms with Crippen LogP contribution in [0.2, 0.25) is 0 Å². The SMILES string of the molecule is CCOc1ccc(-c2nc(C(=O)N(C)Cc3c(C)noc3C)cs2)cc1. The van der Waals surface area contributed by atoms with Crippen molar-refractivity contribution in [1.82, 2.24) is 15.0 Å². The predicted octanol–water partition coefficient (Wildman–Crippen LogP) is 4.09. The zero-order chi connectivity index (χ0) is 18.7. The summed E-state index contributed by atoms with van der Waals surface area (Å²) in [6.07, 6.45) is 0. The Labute approximate surface area is 156 Å². The summed E-state index contributed by atoms with van der Waals surface area (Å²) in [5.41, 5.74) is 3.14. The number of aryl methyl sites for hydroxylation is 2. The summed E-state index contributed by atoms with van der Waals surface area (Å²) in [5.74, 6) is 1.43. The van der Waals surface area contributed by atoms with Gasteiger partial charge in [-0.1, -0.05) is 5.16 Å². The normalized spacial score (nSPS) is 10.8. The fraction of sp³-hybridized carbons (Fsp3) is 0.316. The van der Waals surface area contributed by atoms with Crippen molar-refractivity contribution in [3.63, 3.8) is 0 Å². The van der Waals surface area contributed by atoms with Gasteiger partial charge >= 0.3 is 0 Å². The Morgan fingerprint density at radius 1 is 1.27 bits per heavy atom. The van der Waals surface area contributed by atoms with Crippen molar-refractivity contribution >= 4 is 17.2 Å². The number of hydrogen-bond donors (Lipinski definition) is 0. The highest BCUT2D eigenvalue weighted by Crippen LogP contribution is 2.26. The molecule has 0 aliphatic carbocycles. The van der Waals surface area contributed by atoms with Crippen LogP contribution in [0, 0.1) is 13.8 Å². The lowest BCUT2D eigenvalue weighted by atomic mass is 10.2. The van der Waals surface area contributed by atoms with Gasteiger partial charge in [-0.3, -0.25) is 4.79 Å². The number of carbonyl (C=O) groups excluding carboxylic acids is 1. The maximum absolute atomic E-state index is 12.7. The Hall–Kier alpha value is -2.67. The first kappa shape index (κ1) is 18.1. The Morgan fingerprint density at radius 3 is 2.62 bits per heavy atom. The van der Waals surface area contributed by atoms with E-state index in [1.165, 1.54) is 11.3 Å². The third kappa shape index (κ3) is 3.77. The molecule has 0 fully saturated rings. The molecule has 3 rings (SSSR count). The van der Waals surface area contributed by atoms with Crippen LogP contribution in [-0.4, -0.2) is 34.6 Å². The number of benzene rings is 1. The van der Waals surface area contributed by atoms with Crippen molar-refractivity contribution in [3.05, 3.63) is 52.4 Å². The van der Waals surface area contributed by atoms with Gasteiger partial charge in [0.15, 0.2) is 0 Å². The van der Waals surface area contributed by atoms with E-state index in [2.05, 4.69) is 10.1 Å². The van der Waals surface area contributed by atoms with Crippen molar-refractivity contribution in [3.8, 4) is 16.3 Å². The minimum absolute atomic E-state index is 0.126. The number of hydrogen-bond acceptors (Lipinski definition) is 6. The molecule has 0 spiro atoms. The molecule has 7 heteroatoms. The molecule has 0 bridgehead atoms. The number of amides is 1. The summed E-state index contributed by atoms with van der Waals surface area (Å²) >= 11 is 1.45. The van der Waals surface area contributed by atoms with E-state index in [-0.39, 0.29) is 5.91 Å². The van der Waals surface area contributed by atoms with E-state index in [9.17, 15) is 4.79 Å². The predicted molar refractivity (Wildman–Crippen MR) is 100 cm³/mol. The van der Waals surface area contributed by atoms with Crippen LogP contribution in [0.1, 0.15) is 34.4 Å². The molecule has 0 radical (unpaired) electrons. The van der Waals surface area contributed by atoms with Gasteiger partial charge < -0.3 is 14.2 Å². The van der Waals surface area contributed by atoms with Crippen LogP contribution in [0.15, 0.2) is 34.2 Å². The molecule has 26 heavy (non-hydrogen) atoms. The minimum atomic E-state index is -0.126. The van der Waals surface area contributed by atoms with Crippen LogP contribution >= 0.6 is 11.3 Å². The van der Waals surface area contributed by atoms with Gasteiger partial charge in [-0.15, -0.1) is 11.3 Å². The fourth-order valence-corrected chi connectivity index (χ4v) is 3.40. The zero-order valence-electron chi connectivity index (χ0n) is 15.3. The first-order chi connectivity index (χ1) is 12.5. The summed E-state index contributed by atoms with van der Waals surface area (Å²) in [7, 11) is 1.75. The summed E-state index contributed by atoms with van der Waals surface area (Å²) in [4.78, 5) is 18.8. The first-order valence-corrected chi connectivity index (χ1v) is 9.23. The van der Waals surface area contributed by atoms with Crippen LogP contribution in [0.25, 0.3) is 10.6 Å². The second-order valence-corrected chi connectivity index (χ2v) is 6.82. The molecule has 0 unspecified atom stereocenters. The molecule has 1 amide bonds. The van der Waals surface area contributed by atoms with Crippen molar-refractivity contribution in [1.29, 1.82) is 0 Å². The molecule has 0 saturated heterocycles. The Kier molecular flexibility index (Phi) is 5.37. The standard InChI is InChI=1S/C19H21N3O3S/c1-5-24-15-8-6-14(7-9-15)18-20-17(11-26-18)19(23)22(4)10-16-12(2)21-25-13(16)3/h6-9,11H,5,10H2,1-4H3. The molecule has 3 aromatic rings. The average molecular weight is 371 g/mol. The monoisotopic (exact) mass is 371 g/mol. The second kappa shape index (κ2) is 7.70. The van der Waals surface area contributed by atoms with Gasteiger partial charge in [0.2, 0.25) is 0 Å². The highest BCUT2D eigenvalue weighted by atomic mass is 32.1.